The first-order chi connectivity index (χ1) is 8.43. The van der Waals surface area contributed by atoms with Gasteiger partial charge in [0.15, 0.2) is 0 Å². The molecule has 4 nitrogen and oxygen atoms in total. The summed E-state index contributed by atoms with van der Waals surface area (Å²) in [5.41, 5.74) is 0. The van der Waals surface area contributed by atoms with Crippen LogP contribution < -0.4 is 10.0 Å². The van der Waals surface area contributed by atoms with E-state index < -0.39 is 10.0 Å². The molecule has 0 bridgehead atoms. The molecule has 1 aliphatic rings. The van der Waals surface area contributed by atoms with Crippen LogP contribution in [0.25, 0.3) is 0 Å². The molecule has 0 unspecified atom stereocenters. The van der Waals surface area contributed by atoms with Gasteiger partial charge >= 0.3 is 0 Å². The number of hydrogen-bond donors (Lipinski definition) is 2. The van der Waals surface area contributed by atoms with Gasteiger partial charge in [0, 0.05) is 12.1 Å². The summed E-state index contributed by atoms with van der Waals surface area (Å²) in [7, 11) is -3.09. The van der Waals surface area contributed by atoms with E-state index in [9.17, 15) is 8.42 Å². The van der Waals surface area contributed by atoms with Gasteiger partial charge in [0.2, 0.25) is 10.0 Å². The van der Waals surface area contributed by atoms with Crippen LogP contribution >= 0.6 is 0 Å². The van der Waals surface area contributed by atoms with Gasteiger partial charge in [-0.2, -0.15) is 0 Å². The molecule has 0 atom stereocenters. The SMILES string of the molecule is CCCNC1CCC(NS(=O)(=O)CC(C)C)CC1. The minimum absolute atomic E-state index is 0.147. The Morgan fingerprint density at radius 1 is 1.11 bits per heavy atom. The first-order valence-electron chi connectivity index (χ1n) is 7.16. The van der Waals surface area contributed by atoms with Gasteiger partial charge in [-0.1, -0.05) is 20.8 Å². The lowest BCUT2D eigenvalue weighted by atomic mass is 9.92. The topological polar surface area (TPSA) is 58.2 Å². The standard InChI is InChI=1S/C13H28N2O2S/c1-4-9-14-12-5-7-13(8-6-12)15-18(16,17)10-11(2)3/h11-15H,4-10H2,1-3H3. The Balaban J connectivity index is 2.31. The van der Waals surface area contributed by atoms with E-state index in [0.717, 1.165) is 38.6 Å². The summed E-state index contributed by atoms with van der Waals surface area (Å²) in [6.07, 6.45) is 5.22. The van der Waals surface area contributed by atoms with E-state index in [1.54, 1.807) is 0 Å². The monoisotopic (exact) mass is 276 g/mol. The van der Waals surface area contributed by atoms with E-state index in [2.05, 4.69) is 17.0 Å². The lowest BCUT2D eigenvalue weighted by Crippen LogP contribution is -2.43. The molecule has 0 radical (unpaired) electrons. The highest BCUT2D eigenvalue weighted by molar-refractivity contribution is 7.89. The van der Waals surface area contributed by atoms with Crippen molar-refractivity contribution in [3.63, 3.8) is 0 Å². The zero-order valence-corrected chi connectivity index (χ0v) is 12.7. The zero-order chi connectivity index (χ0) is 13.6. The highest BCUT2D eigenvalue weighted by atomic mass is 32.2. The van der Waals surface area contributed by atoms with E-state index in [0.29, 0.717) is 6.04 Å². The van der Waals surface area contributed by atoms with Crippen LogP contribution in [0.1, 0.15) is 52.9 Å². The summed E-state index contributed by atoms with van der Waals surface area (Å²) >= 11 is 0. The molecule has 0 spiro atoms. The number of rotatable bonds is 7. The van der Waals surface area contributed by atoms with Gasteiger partial charge in [-0.3, -0.25) is 0 Å². The molecule has 5 heteroatoms. The average Bonchev–Trinajstić information content (AvgIpc) is 2.26. The summed E-state index contributed by atoms with van der Waals surface area (Å²) in [4.78, 5) is 0. The molecule has 1 saturated carbocycles. The Kier molecular flexibility index (Phi) is 6.60. The number of nitrogens with one attached hydrogen (secondary N) is 2. The first kappa shape index (κ1) is 15.9. The van der Waals surface area contributed by atoms with Gasteiger partial charge < -0.3 is 5.32 Å². The lowest BCUT2D eigenvalue weighted by Gasteiger charge is -2.29. The minimum Gasteiger partial charge on any atom is -0.314 e. The number of hydrogen-bond acceptors (Lipinski definition) is 3. The zero-order valence-electron chi connectivity index (χ0n) is 11.9. The fourth-order valence-corrected chi connectivity index (χ4v) is 4.22. The van der Waals surface area contributed by atoms with Crippen molar-refractivity contribution in [2.45, 2.75) is 65.0 Å². The number of sulfonamides is 1. The third-order valence-electron chi connectivity index (χ3n) is 3.31. The van der Waals surface area contributed by atoms with Gasteiger partial charge in [0.05, 0.1) is 5.75 Å². The molecule has 0 aromatic carbocycles. The van der Waals surface area contributed by atoms with Crippen LogP contribution in [0.15, 0.2) is 0 Å². The van der Waals surface area contributed by atoms with E-state index in [1.807, 2.05) is 13.8 Å². The average molecular weight is 276 g/mol. The summed E-state index contributed by atoms with van der Waals surface area (Å²) in [6.45, 7) is 7.10. The minimum atomic E-state index is -3.09. The van der Waals surface area contributed by atoms with Gasteiger partial charge in [-0.15, -0.1) is 0 Å². The van der Waals surface area contributed by atoms with Crippen molar-refractivity contribution in [2.24, 2.45) is 5.92 Å². The maximum Gasteiger partial charge on any atom is 0.212 e. The molecule has 2 N–H and O–H groups in total. The highest BCUT2D eigenvalue weighted by Gasteiger charge is 2.24. The molecule has 18 heavy (non-hydrogen) atoms. The Hall–Kier alpha value is -0.130. The Morgan fingerprint density at radius 3 is 2.17 bits per heavy atom. The predicted molar refractivity (Wildman–Crippen MR) is 76.1 cm³/mol. The molecule has 0 aromatic rings. The van der Waals surface area contributed by atoms with Gasteiger partial charge in [0.25, 0.3) is 0 Å². The van der Waals surface area contributed by atoms with Crippen molar-refractivity contribution in [1.82, 2.24) is 10.0 Å². The van der Waals surface area contributed by atoms with Crippen LogP contribution in [0.2, 0.25) is 0 Å². The van der Waals surface area contributed by atoms with Crippen molar-refractivity contribution in [3.8, 4) is 0 Å². The second-order valence-electron chi connectivity index (χ2n) is 5.80. The maximum absolute atomic E-state index is 11.8. The van der Waals surface area contributed by atoms with Crippen LogP contribution in [0.5, 0.6) is 0 Å². The Morgan fingerprint density at radius 2 is 1.67 bits per heavy atom. The molecule has 108 valence electrons. The lowest BCUT2D eigenvalue weighted by molar-refractivity contribution is 0.329. The summed E-state index contributed by atoms with van der Waals surface area (Å²) < 4.78 is 26.5. The van der Waals surface area contributed by atoms with Crippen LogP contribution in [-0.2, 0) is 10.0 Å². The van der Waals surface area contributed by atoms with Crippen LogP contribution in [0.4, 0.5) is 0 Å². The third-order valence-corrected chi connectivity index (χ3v) is 5.11. The van der Waals surface area contributed by atoms with E-state index >= 15 is 0 Å². The molecule has 1 fully saturated rings. The predicted octanol–water partition coefficient (Wildman–Crippen LogP) is 1.87. The van der Waals surface area contributed by atoms with E-state index in [1.165, 1.54) is 0 Å². The van der Waals surface area contributed by atoms with Crippen molar-refractivity contribution >= 4 is 10.0 Å². The first-order valence-corrected chi connectivity index (χ1v) is 8.81. The molecule has 1 aliphatic carbocycles. The van der Waals surface area contributed by atoms with E-state index in [-0.39, 0.29) is 17.7 Å². The molecule has 0 aromatic heterocycles. The molecular formula is C13H28N2O2S. The maximum atomic E-state index is 11.8. The molecule has 0 amide bonds. The fourth-order valence-electron chi connectivity index (χ4n) is 2.50. The molecule has 0 heterocycles. The Labute approximate surface area is 112 Å². The fraction of sp³-hybridized carbons (Fsp3) is 1.00. The van der Waals surface area contributed by atoms with Gasteiger partial charge in [0.1, 0.15) is 0 Å². The smallest absolute Gasteiger partial charge is 0.212 e. The molecule has 0 saturated heterocycles. The van der Waals surface area contributed by atoms with E-state index in [4.69, 9.17) is 0 Å². The van der Waals surface area contributed by atoms with Crippen molar-refractivity contribution in [3.05, 3.63) is 0 Å². The summed E-state index contributed by atoms with van der Waals surface area (Å²) in [5, 5.41) is 3.51. The van der Waals surface area contributed by atoms with Crippen LogP contribution in [-0.4, -0.2) is 32.8 Å². The third kappa shape index (κ3) is 6.16. The Bertz CT molecular complexity index is 320. The molecular weight excluding hydrogens is 248 g/mol. The largest absolute Gasteiger partial charge is 0.314 e. The second kappa shape index (κ2) is 7.46. The van der Waals surface area contributed by atoms with Crippen molar-refractivity contribution < 1.29 is 8.42 Å². The quantitative estimate of drug-likeness (QED) is 0.746. The van der Waals surface area contributed by atoms with Crippen LogP contribution in [0, 0.1) is 5.92 Å². The van der Waals surface area contributed by atoms with Crippen molar-refractivity contribution in [1.29, 1.82) is 0 Å². The van der Waals surface area contributed by atoms with Crippen LogP contribution in [0.3, 0.4) is 0 Å². The molecule has 0 aliphatic heterocycles. The van der Waals surface area contributed by atoms with Gasteiger partial charge in [-0.05, 0) is 44.6 Å². The summed E-state index contributed by atoms with van der Waals surface area (Å²) in [5.74, 6) is 0.422. The second-order valence-corrected chi connectivity index (χ2v) is 7.59. The van der Waals surface area contributed by atoms with Gasteiger partial charge in [-0.25, -0.2) is 13.1 Å². The summed E-state index contributed by atoms with van der Waals surface area (Å²) in [6, 6.07) is 0.726. The normalized spacial score (nSPS) is 25.6. The molecule has 1 rings (SSSR count). The van der Waals surface area contributed by atoms with Crippen molar-refractivity contribution in [2.75, 3.05) is 12.3 Å². The highest BCUT2D eigenvalue weighted by Crippen LogP contribution is 2.19.